The molecule has 0 saturated heterocycles. The van der Waals surface area contributed by atoms with E-state index >= 15 is 0 Å². The molecule has 1 N–H and O–H groups in total. The summed E-state index contributed by atoms with van der Waals surface area (Å²) in [6.07, 6.45) is 0. The minimum Gasteiger partial charge on any atom is -0.497 e. The molecule has 3 rings (SSSR count). The molecule has 0 bridgehead atoms. The Hall–Kier alpha value is -2.22. The Morgan fingerprint density at radius 2 is 2.08 bits per heavy atom. The van der Waals surface area contributed by atoms with E-state index in [1.165, 1.54) is 0 Å². The molecule has 0 aliphatic rings. The van der Waals surface area contributed by atoms with Crippen LogP contribution in [0.2, 0.25) is 0 Å². The van der Waals surface area contributed by atoms with Crippen molar-refractivity contribution in [2.24, 2.45) is 0 Å². The zero-order valence-corrected chi connectivity index (χ0v) is 14.4. The molecule has 0 amide bonds. The minimum absolute atomic E-state index is 0.00560. The Kier molecular flexibility index (Phi) is 5.24. The van der Waals surface area contributed by atoms with Crippen molar-refractivity contribution in [1.82, 2.24) is 15.0 Å². The number of aromatic nitrogens is 2. The van der Waals surface area contributed by atoms with E-state index in [1.807, 2.05) is 53.0 Å². The highest BCUT2D eigenvalue weighted by atomic mass is 32.1. The summed E-state index contributed by atoms with van der Waals surface area (Å²) >= 11 is 1.59. The van der Waals surface area contributed by atoms with Crippen LogP contribution < -0.4 is 4.74 Å². The number of nitrogens with zero attached hydrogens (tertiary/aromatic N) is 3. The Bertz CT molecular complexity index is 756. The number of hydrogen-bond acceptors (Lipinski definition) is 7. The lowest BCUT2D eigenvalue weighted by Crippen LogP contribution is -2.27. The molecule has 0 spiro atoms. The second-order valence-corrected chi connectivity index (χ2v) is 6.19. The number of hydrogen-bond donors (Lipinski definition) is 1. The van der Waals surface area contributed by atoms with E-state index in [0.29, 0.717) is 18.3 Å². The van der Waals surface area contributed by atoms with E-state index < -0.39 is 0 Å². The van der Waals surface area contributed by atoms with Gasteiger partial charge in [0, 0.05) is 10.9 Å². The molecule has 6 nitrogen and oxygen atoms in total. The summed E-state index contributed by atoms with van der Waals surface area (Å²) in [4.78, 5) is 6.39. The van der Waals surface area contributed by atoms with Gasteiger partial charge >= 0.3 is 0 Å². The lowest BCUT2D eigenvalue weighted by Gasteiger charge is -2.25. The molecule has 2 heterocycles. The normalized spacial score (nSPS) is 12.5. The van der Waals surface area contributed by atoms with Gasteiger partial charge in [0.25, 0.3) is 0 Å². The third-order valence-corrected chi connectivity index (χ3v) is 4.52. The van der Waals surface area contributed by atoms with Gasteiger partial charge in [0.1, 0.15) is 5.75 Å². The van der Waals surface area contributed by atoms with E-state index in [9.17, 15) is 5.11 Å². The molecule has 1 aromatic carbocycles. The van der Waals surface area contributed by atoms with Crippen molar-refractivity contribution in [3.63, 3.8) is 0 Å². The van der Waals surface area contributed by atoms with Crippen LogP contribution in [0.5, 0.6) is 5.75 Å². The van der Waals surface area contributed by atoms with Crippen molar-refractivity contribution in [3.05, 3.63) is 52.5 Å². The Morgan fingerprint density at radius 3 is 2.71 bits per heavy atom. The van der Waals surface area contributed by atoms with Gasteiger partial charge in [-0.05, 0) is 36.2 Å². The fraction of sp³-hybridized carbons (Fsp3) is 0.294. The fourth-order valence-electron chi connectivity index (χ4n) is 2.48. The molecule has 126 valence electrons. The Balaban J connectivity index is 1.71. The SMILES string of the molecule is COc1ccc(C(CO)N(C)Cc2nc(-c3ccsc3)no2)cc1. The topological polar surface area (TPSA) is 71.6 Å². The van der Waals surface area contributed by atoms with Crippen molar-refractivity contribution >= 4 is 11.3 Å². The number of methoxy groups -OCH3 is 1. The van der Waals surface area contributed by atoms with Crippen LogP contribution in [0, 0.1) is 0 Å². The van der Waals surface area contributed by atoms with Crippen molar-refractivity contribution in [1.29, 1.82) is 0 Å². The summed E-state index contributed by atoms with van der Waals surface area (Å²) in [5.74, 6) is 1.89. The van der Waals surface area contributed by atoms with Gasteiger partial charge in [-0.15, -0.1) is 0 Å². The average Bonchev–Trinajstić information content (AvgIpc) is 3.27. The summed E-state index contributed by atoms with van der Waals surface area (Å²) in [6.45, 7) is 0.447. The molecule has 24 heavy (non-hydrogen) atoms. The first-order valence-electron chi connectivity index (χ1n) is 7.51. The van der Waals surface area contributed by atoms with Gasteiger partial charge in [0.05, 0.1) is 26.3 Å². The number of aliphatic hydroxyl groups excluding tert-OH is 1. The summed E-state index contributed by atoms with van der Waals surface area (Å²) in [5, 5.41) is 17.7. The second kappa shape index (κ2) is 7.57. The van der Waals surface area contributed by atoms with E-state index in [1.54, 1.807) is 18.4 Å². The standard InChI is InChI=1S/C17H19N3O3S/c1-20(15(10-21)12-3-5-14(22-2)6-4-12)9-16-18-17(19-23-16)13-7-8-24-11-13/h3-8,11,15,21H,9-10H2,1-2H3. The van der Waals surface area contributed by atoms with Crippen LogP contribution in [0.1, 0.15) is 17.5 Å². The maximum atomic E-state index is 9.77. The summed E-state index contributed by atoms with van der Waals surface area (Å²) < 4.78 is 10.5. The van der Waals surface area contributed by atoms with Crippen LogP contribution >= 0.6 is 11.3 Å². The lowest BCUT2D eigenvalue weighted by molar-refractivity contribution is 0.131. The molecule has 0 aliphatic carbocycles. The Labute approximate surface area is 144 Å². The quantitative estimate of drug-likeness (QED) is 0.710. The van der Waals surface area contributed by atoms with Gasteiger partial charge in [0.2, 0.25) is 11.7 Å². The highest BCUT2D eigenvalue weighted by Gasteiger charge is 2.19. The van der Waals surface area contributed by atoms with Gasteiger partial charge in [0.15, 0.2) is 0 Å². The largest absolute Gasteiger partial charge is 0.497 e. The van der Waals surface area contributed by atoms with Crippen molar-refractivity contribution in [2.45, 2.75) is 12.6 Å². The number of thiophene rings is 1. The van der Waals surface area contributed by atoms with Gasteiger partial charge < -0.3 is 14.4 Å². The maximum Gasteiger partial charge on any atom is 0.241 e. The van der Waals surface area contributed by atoms with Gasteiger partial charge in [-0.3, -0.25) is 4.90 Å². The molecule has 0 saturated carbocycles. The molecule has 0 fully saturated rings. The van der Waals surface area contributed by atoms with Crippen LogP contribution in [0.4, 0.5) is 0 Å². The third kappa shape index (κ3) is 3.64. The predicted octanol–water partition coefficient (Wildman–Crippen LogP) is 2.97. The first kappa shape index (κ1) is 16.6. The highest BCUT2D eigenvalue weighted by molar-refractivity contribution is 7.08. The van der Waals surface area contributed by atoms with E-state index in [4.69, 9.17) is 9.26 Å². The first-order valence-corrected chi connectivity index (χ1v) is 8.45. The molecule has 0 radical (unpaired) electrons. The van der Waals surface area contributed by atoms with Crippen molar-refractivity contribution in [2.75, 3.05) is 20.8 Å². The molecule has 3 aromatic rings. The van der Waals surface area contributed by atoms with Crippen molar-refractivity contribution < 1.29 is 14.4 Å². The monoisotopic (exact) mass is 345 g/mol. The zero-order chi connectivity index (χ0) is 16.9. The zero-order valence-electron chi connectivity index (χ0n) is 13.5. The molecular formula is C17H19N3O3S. The van der Waals surface area contributed by atoms with Crippen LogP contribution in [0.3, 0.4) is 0 Å². The summed E-state index contributed by atoms with van der Waals surface area (Å²) in [7, 11) is 3.55. The summed E-state index contributed by atoms with van der Waals surface area (Å²) in [6, 6.07) is 9.45. The minimum atomic E-state index is -0.160. The molecular weight excluding hydrogens is 326 g/mol. The highest BCUT2D eigenvalue weighted by Crippen LogP contribution is 2.24. The van der Waals surface area contributed by atoms with Gasteiger partial charge in [-0.2, -0.15) is 16.3 Å². The van der Waals surface area contributed by atoms with Crippen molar-refractivity contribution in [3.8, 4) is 17.1 Å². The molecule has 2 aromatic heterocycles. The number of rotatable bonds is 7. The Morgan fingerprint density at radius 1 is 1.29 bits per heavy atom. The second-order valence-electron chi connectivity index (χ2n) is 5.41. The number of benzene rings is 1. The van der Waals surface area contributed by atoms with Crippen LogP contribution in [0.25, 0.3) is 11.4 Å². The van der Waals surface area contributed by atoms with Gasteiger partial charge in [-0.1, -0.05) is 17.3 Å². The van der Waals surface area contributed by atoms with E-state index in [-0.39, 0.29) is 12.6 Å². The molecule has 0 aliphatic heterocycles. The summed E-state index contributed by atoms with van der Waals surface area (Å²) in [5.41, 5.74) is 1.95. The van der Waals surface area contributed by atoms with Crippen LogP contribution in [-0.2, 0) is 6.54 Å². The van der Waals surface area contributed by atoms with E-state index in [0.717, 1.165) is 16.9 Å². The number of aliphatic hydroxyl groups is 1. The predicted molar refractivity (Wildman–Crippen MR) is 91.9 cm³/mol. The smallest absolute Gasteiger partial charge is 0.241 e. The van der Waals surface area contributed by atoms with Crippen LogP contribution in [-0.4, -0.2) is 40.9 Å². The van der Waals surface area contributed by atoms with E-state index in [2.05, 4.69) is 10.1 Å². The molecule has 7 heteroatoms. The maximum absolute atomic E-state index is 9.77. The fourth-order valence-corrected chi connectivity index (χ4v) is 3.11. The number of likely N-dealkylation sites (N-methyl/N-ethyl adjacent to an activating group) is 1. The first-order chi connectivity index (χ1) is 11.7. The third-order valence-electron chi connectivity index (χ3n) is 3.84. The van der Waals surface area contributed by atoms with Gasteiger partial charge in [-0.25, -0.2) is 0 Å². The average molecular weight is 345 g/mol. The van der Waals surface area contributed by atoms with Crippen LogP contribution in [0.15, 0.2) is 45.6 Å². The molecule has 1 unspecified atom stereocenters. The lowest BCUT2D eigenvalue weighted by atomic mass is 10.1. The number of ether oxygens (including phenoxy) is 1. The molecule has 1 atom stereocenters.